The Labute approximate surface area is 106 Å². The first kappa shape index (κ1) is 13.3. The Morgan fingerprint density at radius 2 is 1.88 bits per heavy atom. The van der Waals surface area contributed by atoms with Crippen molar-refractivity contribution in [2.75, 3.05) is 26.7 Å². The number of rotatable bonds is 3. The lowest BCUT2D eigenvalue weighted by atomic mass is 9.92. The molecule has 17 heavy (non-hydrogen) atoms. The molecule has 0 bridgehead atoms. The lowest BCUT2D eigenvalue weighted by molar-refractivity contribution is -0.0366. The highest BCUT2D eigenvalue weighted by Crippen LogP contribution is 2.33. The van der Waals surface area contributed by atoms with Gasteiger partial charge in [0.25, 0.3) is 0 Å². The molecular weight excluding hydrogens is 212 g/mol. The van der Waals surface area contributed by atoms with Crippen molar-refractivity contribution in [3.8, 4) is 0 Å². The fourth-order valence-corrected chi connectivity index (χ4v) is 3.76. The average molecular weight is 240 g/mol. The fraction of sp³-hybridized carbons (Fsp3) is 1.00. The molecule has 3 heteroatoms. The molecule has 1 unspecified atom stereocenters. The first-order valence-electron chi connectivity index (χ1n) is 7.12. The SMILES string of the molecule is CN1CC(C)(C)N(C2CCCC2)CC1CCO. The third-order valence-corrected chi connectivity index (χ3v) is 4.67. The van der Waals surface area contributed by atoms with E-state index in [0.717, 1.165) is 25.6 Å². The van der Waals surface area contributed by atoms with Crippen LogP contribution in [0.5, 0.6) is 0 Å². The van der Waals surface area contributed by atoms with E-state index in [1.807, 2.05) is 0 Å². The lowest BCUT2D eigenvalue weighted by Crippen LogP contribution is -2.64. The fourth-order valence-electron chi connectivity index (χ4n) is 3.76. The van der Waals surface area contributed by atoms with E-state index < -0.39 is 0 Å². The van der Waals surface area contributed by atoms with Gasteiger partial charge < -0.3 is 10.0 Å². The van der Waals surface area contributed by atoms with Crippen LogP contribution in [0.2, 0.25) is 0 Å². The molecule has 3 nitrogen and oxygen atoms in total. The minimum atomic E-state index is 0.287. The molecule has 0 radical (unpaired) electrons. The third-order valence-electron chi connectivity index (χ3n) is 4.67. The molecule has 1 atom stereocenters. The number of piperazine rings is 1. The summed E-state index contributed by atoms with van der Waals surface area (Å²) in [6.07, 6.45) is 6.46. The van der Waals surface area contributed by atoms with Gasteiger partial charge in [-0.05, 0) is 40.2 Å². The van der Waals surface area contributed by atoms with E-state index >= 15 is 0 Å². The molecule has 0 amide bonds. The van der Waals surface area contributed by atoms with Gasteiger partial charge in [0, 0.05) is 37.3 Å². The maximum Gasteiger partial charge on any atom is 0.0446 e. The molecule has 0 aromatic heterocycles. The van der Waals surface area contributed by atoms with Crippen molar-refractivity contribution in [1.82, 2.24) is 9.80 Å². The summed E-state index contributed by atoms with van der Waals surface area (Å²) in [6, 6.07) is 1.33. The Morgan fingerprint density at radius 3 is 2.47 bits per heavy atom. The number of likely N-dealkylation sites (N-methyl/N-ethyl adjacent to an activating group) is 1. The Morgan fingerprint density at radius 1 is 1.24 bits per heavy atom. The molecule has 0 spiro atoms. The number of aliphatic hydroxyl groups is 1. The second-order valence-corrected chi connectivity index (χ2v) is 6.48. The van der Waals surface area contributed by atoms with Gasteiger partial charge in [-0.1, -0.05) is 12.8 Å². The highest BCUT2D eigenvalue weighted by atomic mass is 16.3. The van der Waals surface area contributed by atoms with Crippen molar-refractivity contribution in [3.63, 3.8) is 0 Å². The van der Waals surface area contributed by atoms with E-state index in [1.54, 1.807) is 0 Å². The van der Waals surface area contributed by atoms with Crippen molar-refractivity contribution in [1.29, 1.82) is 0 Å². The summed E-state index contributed by atoms with van der Waals surface area (Å²) in [6.45, 7) is 7.31. The molecule has 1 N–H and O–H groups in total. The Balaban J connectivity index is 2.06. The van der Waals surface area contributed by atoms with Crippen LogP contribution in [0.25, 0.3) is 0 Å². The van der Waals surface area contributed by atoms with Crippen LogP contribution in [-0.4, -0.2) is 59.3 Å². The maximum absolute atomic E-state index is 9.17. The smallest absolute Gasteiger partial charge is 0.0446 e. The topological polar surface area (TPSA) is 26.7 Å². The van der Waals surface area contributed by atoms with Gasteiger partial charge >= 0.3 is 0 Å². The van der Waals surface area contributed by atoms with Crippen molar-refractivity contribution in [3.05, 3.63) is 0 Å². The lowest BCUT2D eigenvalue weighted by Gasteiger charge is -2.52. The molecule has 2 aliphatic rings. The van der Waals surface area contributed by atoms with Crippen LogP contribution in [0.1, 0.15) is 46.0 Å². The minimum absolute atomic E-state index is 0.287. The molecule has 0 aromatic rings. The second-order valence-electron chi connectivity index (χ2n) is 6.48. The summed E-state index contributed by atoms with van der Waals surface area (Å²) in [7, 11) is 2.20. The van der Waals surface area contributed by atoms with Crippen LogP contribution in [-0.2, 0) is 0 Å². The second kappa shape index (κ2) is 5.25. The number of nitrogens with zero attached hydrogens (tertiary/aromatic N) is 2. The Bertz CT molecular complexity index is 249. The standard InChI is InChI=1S/C14H28N2O/c1-14(2)11-15(3)13(8-9-17)10-16(14)12-6-4-5-7-12/h12-13,17H,4-11H2,1-3H3. The van der Waals surface area contributed by atoms with Crippen molar-refractivity contribution >= 4 is 0 Å². The molecule has 1 saturated carbocycles. The van der Waals surface area contributed by atoms with Crippen molar-refractivity contribution < 1.29 is 5.11 Å². The molecule has 2 rings (SSSR count). The summed E-state index contributed by atoms with van der Waals surface area (Å²) < 4.78 is 0. The largest absolute Gasteiger partial charge is 0.396 e. The Hall–Kier alpha value is -0.120. The monoisotopic (exact) mass is 240 g/mol. The van der Waals surface area contributed by atoms with E-state index in [4.69, 9.17) is 0 Å². The van der Waals surface area contributed by atoms with Crippen molar-refractivity contribution in [2.24, 2.45) is 0 Å². The summed E-state index contributed by atoms with van der Waals surface area (Å²) in [4.78, 5) is 5.15. The van der Waals surface area contributed by atoms with E-state index in [9.17, 15) is 5.11 Å². The average Bonchev–Trinajstić information content (AvgIpc) is 2.74. The highest BCUT2D eigenvalue weighted by molar-refractivity contribution is 4.97. The summed E-state index contributed by atoms with van der Waals surface area (Å²) in [5.41, 5.74) is 0.287. The van der Waals surface area contributed by atoms with Gasteiger partial charge in [-0.2, -0.15) is 0 Å². The Kier molecular flexibility index (Phi) is 4.11. The van der Waals surface area contributed by atoms with Crippen LogP contribution >= 0.6 is 0 Å². The zero-order chi connectivity index (χ0) is 12.5. The molecule has 1 aliphatic carbocycles. The van der Waals surface area contributed by atoms with Crippen LogP contribution in [0, 0.1) is 0 Å². The first-order valence-corrected chi connectivity index (χ1v) is 7.12. The third kappa shape index (κ3) is 2.83. The predicted octanol–water partition coefficient (Wildman–Crippen LogP) is 1.71. The van der Waals surface area contributed by atoms with Gasteiger partial charge in [0.05, 0.1) is 0 Å². The minimum Gasteiger partial charge on any atom is -0.396 e. The quantitative estimate of drug-likeness (QED) is 0.813. The van der Waals surface area contributed by atoms with Gasteiger partial charge in [-0.15, -0.1) is 0 Å². The highest BCUT2D eigenvalue weighted by Gasteiger charge is 2.40. The zero-order valence-corrected chi connectivity index (χ0v) is 11.7. The van der Waals surface area contributed by atoms with Gasteiger partial charge in [-0.25, -0.2) is 0 Å². The van der Waals surface area contributed by atoms with Gasteiger partial charge in [0.1, 0.15) is 0 Å². The van der Waals surface area contributed by atoms with Crippen LogP contribution < -0.4 is 0 Å². The maximum atomic E-state index is 9.17. The summed E-state index contributed by atoms with van der Waals surface area (Å²) in [5, 5.41) is 9.17. The van der Waals surface area contributed by atoms with E-state index in [0.29, 0.717) is 12.6 Å². The van der Waals surface area contributed by atoms with Crippen LogP contribution in [0.15, 0.2) is 0 Å². The molecule has 2 fully saturated rings. The summed E-state index contributed by atoms with van der Waals surface area (Å²) in [5.74, 6) is 0. The predicted molar refractivity (Wildman–Crippen MR) is 71.2 cm³/mol. The normalized spacial score (nSPS) is 32.1. The number of hydrogen-bond donors (Lipinski definition) is 1. The van der Waals surface area contributed by atoms with Crippen LogP contribution in [0.3, 0.4) is 0 Å². The number of hydrogen-bond acceptors (Lipinski definition) is 3. The molecular formula is C14H28N2O. The van der Waals surface area contributed by atoms with Gasteiger partial charge in [-0.3, -0.25) is 4.90 Å². The molecule has 1 heterocycles. The van der Waals surface area contributed by atoms with E-state index in [2.05, 4.69) is 30.7 Å². The number of aliphatic hydroxyl groups excluding tert-OH is 1. The zero-order valence-electron chi connectivity index (χ0n) is 11.7. The molecule has 1 aliphatic heterocycles. The van der Waals surface area contributed by atoms with Crippen LogP contribution in [0.4, 0.5) is 0 Å². The van der Waals surface area contributed by atoms with Crippen molar-refractivity contribution in [2.45, 2.75) is 63.6 Å². The molecule has 0 aromatic carbocycles. The first-order chi connectivity index (χ1) is 8.04. The van der Waals surface area contributed by atoms with Gasteiger partial charge in [0.15, 0.2) is 0 Å². The molecule has 1 saturated heterocycles. The van der Waals surface area contributed by atoms with E-state index in [1.165, 1.54) is 25.7 Å². The van der Waals surface area contributed by atoms with E-state index in [-0.39, 0.29) is 5.54 Å². The summed E-state index contributed by atoms with van der Waals surface area (Å²) >= 11 is 0. The molecule has 100 valence electrons. The van der Waals surface area contributed by atoms with Gasteiger partial charge in [0.2, 0.25) is 0 Å².